The Morgan fingerprint density at radius 3 is 2.32 bits per heavy atom. The molecule has 0 amide bonds. The summed E-state index contributed by atoms with van der Waals surface area (Å²) in [5.74, 6) is -0.0352. The van der Waals surface area contributed by atoms with Gasteiger partial charge < -0.3 is 24.0 Å². The van der Waals surface area contributed by atoms with Crippen LogP contribution in [0.2, 0.25) is 0 Å². The van der Waals surface area contributed by atoms with E-state index in [1.165, 1.54) is 10.6 Å². The van der Waals surface area contributed by atoms with Crippen molar-refractivity contribution in [1.82, 2.24) is 4.57 Å². The first-order valence-electron chi connectivity index (χ1n) is 5.65. The Kier molecular flexibility index (Phi) is 6.45. The van der Waals surface area contributed by atoms with Crippen LogP contribution in [-0.4, -0.2) is 19.6 Å². The molecule has 0 aliphatic heterocycles. The number of aromatic nitrogens is 2. The minimum Gasteiger partial charge on any atom is -1.00 e. The predicted octanol–water partition coefficient (Wildman–Crippen LogP) is 1.16. The number of imidazole rings is 1. The molecule has 0 unspecified atom stereocenters. The Hall–Kier alpha value is 0.230. The number of benzene rings is 1. The molecule has 0 atom stereocenters. The Balaban J connectivity index is 0.00000242. The number of thioether (sulfide) groups is 1. The summed E-state index contributed by atoms with van der Waals surface area (Å²) < 4.78 is 40.8. The molecule has 0 radical (unpaired) electrons. The Morgan fingerprint density at radius 1 is 1.27 bits per heavy atom. The van der Waals surface area contributed by atoms with E-state index in [-0.39, 0.29) is 39.5 Å². The summed E-state index contributed by atoms with van der Waals surface area (Å²) in [6, 6.07) is 2.10. The van der Waals surface area contributed by atoms with Crippen molar-refractivity contribution in [3.63, 3.8) is 0 Å². The summed E-state index contributed by atoms with van der Waals surface area (Å²) in [7, 11) is 1.56. The van der Waals surface area contributed by atoms with Crippen LogP contribution in [0.5, 0.6) is 0 Å². The molecular weight excluding hydrogens is 491 g/mol. The minimum atomic E-state index is -4.19. The second-order valence-corrected chi connectivity index (χ2v) is 6.96. The molecular formula is C12H10Cl2F3IN2S2. The lowest BCUT2D eigenvalue weighted by molar-refractivity contribution is -0.647. The van der Waals surface area contributed by atoms with Crippen molar-refractivity contribution in [2.45, 2.75) is 10.6 Å². The molecule has 22 heavy (non-hydrogen) atoms. The second kappa shape index (κ2) is 7.00. The molecule has 122 valence electrons. The topological polar surface area (TPSA) is 8.81 Å². The predicted molar refractivity (Wildman–Crippen MR) is 84.1 cm³/mol. The number of rotatable bonds is 3. The summed E-state index contributed by atoms with van der Waals surface area (Å²) in [6.45, 7) is 0. The first kappa shape index (κ1) is 20.3. The van der Waals surface area contributed by atoms with Crippen LogP contribution in [0.1, 0.15) is 5.82 Å². The van der Waals surface area contributed by atoms with Crippen LogP contribution in [0, 0.1) is 0 Å². The lowest BCUT2D eigenvalue weighted by atomic mass is 10.3. The molecule has 0 saturated heterocycles. The van der Waals surface area contributed by atoms with E-state index in [2.05, 4.69) is 0 Å². The fourth-order valence-electron chi connectivity index (χ4n) is 2.05. The first-order valence-corrected chi connectivity index (χ1v) is 8.04. The molecule has 10 heteroatoms. The quantitative estimate of drug-likeness (QED) is 0.271. The van der Waals surface area contributed by atoms with Gasteiger partial charge in [0, 0.05) is 0 Å². The van der Waals surface area contributed by atoms with Gasteiger partial charge in [0.2, 0.25) is 0 Å². The van der Waals surface area contributed by atoms with E-state index in [9.17, 15) is 13.2 Å². The number of fused-ring (bicyclic) bond motifs is 1. The van der Waals surface area contributed by atoms with E-state index in [1.807, 2.05) is 0 Å². The van der Waals surface area contributed by atoms with E-state index in [0.29, 0.717) is 10.1 Å². The van der Waals surface area contributed by atoms with Gasteiger partial charge in [-0.1, -0.05) is 47.6 Å². The van der Waals surface area contributed by atoms with E-state index in [1.54, 1.807) is 31.5 Å². The standard InChI is InChI=1S/C12H10Cl2F3N2S2.HI/c1-18-7-5-3-4-6-8(7)19(9(18)10(20)21-2)12(16,17)11(13,14)15;/h3-6H,1-2H3;1H/q+1;/p-1. The van der Waals surface area contributed by atoms with Crippen molar-refractivity contribution in [3.8, 4) is 0 Å². The molecule has 0 saturated carbocycles. The summed E-state index contributed by atoms with van der Waals surface area (Å²) in [5.41, 5.74) is 0.542. The van der Waals surface area contributed by atoms with Crippen molar-refractivity contribution in [2.24, 2.45) is 7.05 Å². The van der Waals surface area contributed by atoms with Gasteiger partial charge in [-0.3, -0.25) is 0 Å². The summed E-state index contributed by atoms with van der Waals surface area (Å²) in [5, 5.41) is 0. The van der Waals surface area contributed by atoms with Gasteiger partial charge in [0.1, 0.15) is 0 Å². The SMILES string of the molecule is CSC(=S)c1n(C(F)(F)C(F)(Cl)Cl)c2ccccc2[n+]1C.[I-]. The number of halogens is 6. The third-order valence-electron chi connectivity index (χ3n) is 3.00. The lowest BCUT2D eigenvalue weighted by Gasteiger charge is -2.20. The molecule has 2 rings (SSSR count). The lowest BCUT2D eigenvalue weighted by Crippen LogP contribution is -3.00. The number of aryl methyl sites for hydroxylation is 1. The highest BCUT2D eigenvalue weighted by Crippen LogP contribution is 2.45. The number of para-hydroxylation sites is 2. The minimum absolute atomic E-state index is 0. The van der Waals surface area contributed by atoms with Crippen LogP contribution in [0.4, 0.5) is 13.2 Å². The molecule has 0 fully saturated rings. The van der Waals surface area contributed by atoms with Gasteiger partial charge in [-0.25, -0.2) is 4.57 Å². The van der Waals surface area contributed by atoms with Crippen LogP contribution in [0.3, 0.4) is 0 Å². The Morgan fingerprint density at radius 2 is 1.82 bits per heavy atom. The average Bonchev–Trinajstić information content (AvgIpc) is 2.71. The third-order valence-corrected chi connectivity index (χ3v) is 4.69. The van der Waals surface area contributed by atoms with E-state index in [0.717, 1.165) is 11.8 Å². The van der Waals surface area contributed by atoms with Crippen molar-refractivity contribution < 1.29 is 41.7 Å². The zero-order valence-corrected chi connectivity index (χ0v) is 16.6. The van der Waals surface area contributed by atoms with Crippen LogP contribution in [0.25, 0.3) is 11.0 Å². The van der Waals surface area contributed by atoms with Gasteiger partial charge >= 0.3 is 16.5 Å². The van der Waals surface area contributed by atoms with Crippen LogP contribution in [-0.2, 0) is 13.1 Å². The summed E-state index contributed by atoms with van der Waals surface area (Å²) >= 11 is 16.3. The van der Waals surface area contributed by atoms with E-state index < -0.39 is 10.6 Å². The Labute approximate surface area is 162 Å². The van der Waals surface area contributed by atoms with Crippen LogP contribution in [0.15, 0.2) is 24.3 Å². The normalized spacial score (nSPS) is 12.3. The first-order chi connectivity index (χ1) is 9.63. The fraction of sp³-hybridized carbons (Fsp3) is 0.333. The maximum Gasteiger partial charge on any atom is 0.462 e. The van der Waals surface area contributed by atoms with Gasteiger partial charge in [0.15, 0.2) is 15.2 Å². The molecule has 2 nitrogen and oxygen atoms in total. The fourth-order valence-corrected chi connectivity index (χ4v) is 2.85. The van der Waals surface area contributed by atoms with E-state index in [4.69, 9.17) is 35.4 Å². The second-order valence-electron chi connectivity index (χ2n) is 4.24. The van der Waals surface area contributed by atoms with Gasteiger partial charge in [-0.15, -0.1) is 11.8 Å². The molecule has 0 aliphatic carbocycles. The van der Waals surface area contributed by atoms with Crippen molar-refractivity contribution in [3.05, 3.63) is 30.1 Å². The number of alkyl halides is 5. The molecule has 1 aromatic carbocycles. The summed E-state index contributed by atoms with van der Waals surface area (Å²) in [4.78, 5) is 0. The van der Waals surface area contributed by atoms with Crippen molar-refractivity contribution in [1.29, 1.82) is 0 Å². The molecule has 0 aliphatic rings. The number of thiocarbonyl (C=S) groups is 1. The molecule has 0 N–H and O–H groups in total. The highest BCUT2D eigenvalue weighted by molar-refractivity contribution is 8.23. The zero-order chi connectivity index (χ0) is 16.0. The van der Waals surface area contributed by atoms with Gasteiger partial charge in [0.25, 0.3) is 0 Å². The van der Waals surface area contributed by atoms with Crippen molar-refractivity contribution in [2.75, 3.05) is 6.26 Å². The molecule has 0 bridgehead atoms. The van der Waals surface area contributed by atoms with E-state index >= 15 is 0 Å². The zero-order valence-electron chi connectivity index (χ0n) is 11.3. The Bertz CT molecular complexity index is 716. The maximum absolute atomic E-state index is 14.4. The maximum atomic E-state index is 14.4. The van der Waals surface area contributed by atoms with Crippen LogP contribution >= 0.6 is 47.2 Å². The largest absolute Gasteiger partial charge is 1.00 e. The number of hydrogen-bond donors (Lipinski definition) is 0. The molecule has 1 aromatic heterocycles. The average molecular weight is 501 g/mol. The smallest absolute Gasteiger partial charge is 0.462 e. The molecule has 2 aromatic rings. The number of nitrogens with zero attached hydrogens (tertiary/aromatic N) is 2. The van der Waals surface area contributed by atoms with Crippen LogP contribution < -0.4 is 28.5 Å². The highest BCUT2D eigenvalue weighted by Gasteiger charge is 2.61. The highest BCUT2D eigenvalue weighted by atomic mass is 127. The number of hydrogen-bond acceptors (Lipinski definition) is 2. The third kappa shape index (κ3) is 3.22. The monoisotopic (exact) mass is 500 g/mol. The van der Waals surface area contributed by atoms with Crippen molar-refractivity contribution >= 4 is 62.4 Å². The molecule has 0 spiro atoms. The van der Waals surface area contributed by atoms with Gasteiger partial charge in [-0.05, 0) is 18.4 Å². The van der Waals surface area contributed by atoms with Gasteiger partial charge in [0.05, 0.1) is 7.05 Å². The van der Waals surface area contributed by atoms with Gasteiger partial charge in [-0.2, -0.15) is 17.7 Å². The molecule has 1 heterocycles. The summed E-state index contributed by atoms with van der Waals surface area (Å²) in [6.07, 6.45) is 1.65.